The van der Waals surface area contributed by atoms with Crippen molar-refractivity contribution in [2.24, 2.45) is 0 Å². The van der Waals surface area contributed by atoms with Crippen LogP contribution in [0.25, 0.3) is 0 Å². The number of aromatic nitrogens is 1. The Kier molecular flexibility index (Phi) is 6.68. The third-order valence-corrected chi connectivity index (χ3v) is 5.46. The van der Waals surface area contributed by atoms with Crippen LogP contribution in [-0.4, -0.2) is 43.6 Å². The van der Waals surface area contributed by atoms with Crippen molar-refractivity contribution in [1.29, 1.82) is 0 Å². The van der Waals surface area contributed by atoms with Gasteiger partial charge in [0.05, 0.1) is 35.7 Å². The number of ether oxygens (including phenoxy) is 1. The molecule has 0 saturated carbocycles. The van der Waals surface area contributed by atoms with Gasteiger partial charge in [-0.05, 0) is 36.4 Å². The summed E-state index contributed by atoms with van der Waals surface area (Å²) in [6.45, 7) is 0.623. The number of aldehydes is 1. The topological polar surface area (TPSA) is 62.7 Å². The molecule has 2 amide bonds. The van der Waals surface area contributed by atoms with Crippen LogP contribution >= 0.6 is 11.6 Å². The standard InChI is InChI=1S/C25H19ClFN3O3/c1-29(25(32)30(20-15-33-16-20)23-7-3-2-6-19(23)14-31)24-21(26)11-18(12-22(24)27)9-8-17-5-4-10-28-13-17/h2-7,10-14,20H,15-16H2,1H3. The Balaban J connectivity index is 1.66. The van der Waals surface area contributed by atoms with Crippen LogP contribution in [0.4, 0.5) is 20.6 Å². The summed E-state index contributed by atoms with van der Waals surface area (Å²) in [6.07, 6.45) is 3.91. The summed E-state index contributed by atoms with van der Waals surface area (Å²) in [5.41, 5.74) is 1.73. The highest BCUT2D eigenvalue weighted by Crippen LogP contribution is 2.33. The largest absolute Gasteiger partial charge is 0.377 e. The molecule has 0 radical (unpaired) electrons. The lowest BCUT2D eigenvalue weighted by Crippen LogP contribution is -2.56. The Morgan fingerprint density at radius 1 is 1.18 bits per heavy atom. The highest BCUT2D eigenvalue weighted by molar-refractivity contribution is 6.34. The lowest BCUT2D eigenvalue weighted by Gasteiger charge is -2.39. The molecular weight excluding hydrogens is 445 g/mol. The summed E-state index contributed by atoms with van der Waals surface area (Å²) in [4.78, 5) is 31.6. The van der Waals surface area contributed by atoms with E-state index < -0.39 is 11.8 Å². The molecule has 0 bridgehead atoms. The molecule has 1 fully saturated rings. The minimum Gasteiger partial charge on any atom is -0.377 e. The minimum absolute atomic E-state index is 0.0369. The fourth-order valence-corrected chi connectivity index (χ4v) is 3.77. The summed E-state index contributed by atoms with van der Waals surface area (Å²) in [5.74, 6) is 5.06. The zero-order valence-corrected chi connectivity index (χ0v) is 18.4. The van der Waals surface area contributed by atoms with Gasteiger partial charge in [0.1, 0.15) is 5.82 Å². The molecule has 1 aromatic heterocycles. The zero-order chi connectivity index (χ0) is 23.4. The molecule has 4 rings (SSSR count). The van der Waals surface area contributed by atoms with E-state index in [1.54, 1.807) is 48.8 Å². The predicted molar refractivity (Wildman–Crippen MR) is 124 cm³/mol. The normalized spacial score (nSPS) is 12.8. The van der Waals surface area contributed by atoms with E-state index in [1.165, 1.54) is 24.1 Å². The maximum absolute atomic E-state index is 15.1. The molecule has 166 valence electrons. The van der Waals surface area contributed by atoms with Gasteiger partial charge in [0.2, 0.25) is 0 Å². The number of carbonyl (C=O) groups is 2. The SMILES string of the molecule is CN(C(=O)N(c1ccccc1C=O)C1COC1)c1c(F)cc(C#Cc2cccnc2)cc1Cl. The zero-order valence-electron chi connectivity index (χ0n) is 17.7. The van der Waals surface area contributed by atoms with E-state index in [0.717, 1.165) is 4.90 Å². The number of hydrogen-bond acceptors (Lipinski definition) is 4. The van der Waals surface area contributed by atoms with Gasteiger partial charge in [-0.3, -0.25) is 19.6 Å². The van der Waals surface area contributed by atoms with E-state index in [-0.39, 0.29) is 16.8 Å². The fraction of sp³-hybridized carbons (Fsp3) is 0.160. The minimum atomic E-state index is -0.692. The van der Waals surface area contributed by atoms with E-state index >= 15 is 4.39 Å². The van der Waals surface area contributed by atoms with Crippen LogP contribution in [0, 0.1) is 17.7 Å². The number of rotatable bonds is 4. The van der Waals surface area contributed by atoms with Crippen molar-refractivity contribution in [3.05, 3.63) is 88.5 Å². The molecule has 6 nitrogen and oxygen atoms in total. The maximum atomic E-state index is 15.1. The molecule has 1 aliphatic rings. The first-order valence-electron chi connectivity index (χ1n) is 10.1. The summed E-state index contributed by atoms with van der Waals surface area (Å²) < 4.78 is 20.4. The van der Waals surface area contributed by atoms with Crippen molar-refractivity contribution in [1.82, 2.24) is 4.98 Å². The van der Waals surface area contributed by atoms with Crippen LogP contribution in [-0.2, 0) is 4.74 Å². The number of para-hydroxylation sites is 1. The van der Waals surface area contributed by atoms with Gasteiger partial charge in [-0.15, -0.1) is 0 Å². The number of benzene rings is 2. The molecular formula is C25H19ClFN3O3. The summed E-state index contributed by atoms with van der Waals surface area (Å²) in [7, 11) is 1.43. The lowest BCUT2D eigenvalue weighted by molar-refractivity contribution is 0.0114. The molecule has 2 heterocycles. The van der Waals surface area contributed by atoms with Crippen LogP contribution < -0.4 is 9.80 Å². The van der Waals surface area contributed by atoms with Crippen molar-refractivity contribution in [3.8, 4) is 11.8 Å². The van der Waals surface area contributed by atoms with Gasteiger partial charge in [0.15, 0.2) is 6.29 Å². The Hall–Kier alpha value is -3.73. The molecule has 1 saturated heterocycles. The third kappa shape index (κ3) is 4.72. The number of urea groups is 1. The van der Waals surface area contributed by atoms with E-state index in [1.807, 2.05) is 0 Å². The van der Waals surface area contributed by atoms with Gasteiger partial charge < -0.3 is 4.74 Å². The Morgan fingerprint density at radius 2 is 1.94 bits per heavy atom. The highest BCUT2D eigenvalue weighted by atomic mass is 35.5. The number of nitrogens with zero attached hydrogens (tertiary/aromatic N) is 3. The number of pyridine rings is 1. The highest BCUT2D eigenvalue weighted by Gasteiger charge is 2.35. The first kappa shape index (κ1) is 22.5. The van der Waals surface area contributed by atoms with Crippen LogP contribution in [0.15, 0.2) is 60.9 Å². The molecule has 0 aliphatic carbocycles. The van der Waals surface area contributed by atoms with Crippen molar-refractivity contribution in [2.45, 2.75) is 6.04 Å². The Bertz CT molecular complexity index is 1230. The van der Waals surface area contributed by atoms with E-state index in [4.69, 9.17) is 16.3 Å². The van der Waals surface area contributed by atoms with Crippen molar-refractivity contribution < 1.29 is 18.7 Å². The van der Waals surface area contributed by atoms with Gasteiger partial charge in [-0.2, -0.15) is 0 Å². The lowest BCUT2D eigenvalue weighted by atomic mass is 10.1. The van der Waals surface area contributed by atoms with Crippen LogP contribution in [0.2, 0.25) is 5.02 Å². The third-order valence-electron chi connectivity index (χ3n) is 5.17. The molecule has 2 aromatic carbocycles. The molecule has 0 atom stereocenters. The maximum Gasteiger partial charge on any atom is 0.329 e. The number of halogens is 2. The molecule has 1 aliphatic heterocycles. The van der Waals surface area contributed by atoms with Crippen LogP contribution in [0.5, 0.6) is 0 Å². The second-order valence-electron chi connectivity index (χ2n) is 7.36. The first-order valence-corrected chi connectivity index (χ1v) is 10.5. The predicted octanol–water partition coefficient (Wildman–Crippen LogP) is 4.55. The van der Waals surface area contributed by atoms with E-state index in [9.17, 15) is 9.59 Å². The second-order valence-corrected chi connectivity index (χ2v) is 7.77. The first-order chi connectivity index (χ1) is 16.0. The fourth-order valence-electron chi connectivity index (χ4n) is 3.43. The van der Waals surface area contributed by atoms with Gasteiger partial charge >= 0.3 is 6.03 Å². The van der Waals surface area contributed by atoms with E-state index in [0.29, 0.717) is 41.9 Å². The number of carbonyl (C=O) groups excluding carboxylic acids is 2. The average Bonchev–Trinajstić information content (AvgIpc) is 2.79. The molecule has 0 spiro atoms. The summed E-state index contributed by atoms with van der Waals surface area (Å²) in [6, 6.07) is 12.2. The quantitative estimate of drug-likeness (QED) is 0.420. The van der Waals surface area contributed by atoms with Crippen molar-refractivity contribution >= 4 is 35.3 Å². The second kappa shape index (κ2) is 9.82. The van der Waals surface area contributed by atoms with Gasteiger partial charge in [-0.1, -0.05) is 35.6 Å². The number of amides is 2. The molecule has 0 unspecified atom stereocenters. The molecule has 3 aromatic rings. The van der Waals surface area contributed by atoms with Gasteiger partial charge in [0, 0.05) is 36.1 Å². The smallest absolute Gasteiger partial charge is 0.329 e. The van der Waals surface area contributed by atoms with Gasteiger partial charge in [-0.25, -0.2) is 9.18 Å². The van der Waals surface area contributed by atoms with E-state index in [2.05, 4.69) is 16.8 Å². The van der Waals surface area contributed by atoms with Crippen LogP contribution in [0.1, 0.15) is 21.5 Å². The Labute approximate surface area is 195 Å². The molecule has 0 N–H and O–H groups in total. The Morgan fingerprint density at radius 3 is 2.58 bits per heavy atom. The van der Waals surface area contributed by atoms with Crippen LogP contribution in [0.3, 0.4) is 0 Å². The summed E-state index contributed by atoms with van der Waals surface area (Å²) >= 11 is 6.38. The van der Waals surface area contributed by atoms with Gasteiger partial charge in [0.25, 0.3) is 0 Å². The van der Waals surface area contributed by atoms with Crippen molar-refractivity contribution in [2.75, 3.05) is 30.1 Å². The number of anilines is 2. The molecule has 8 heteroatoms. The average molecular weight is 464 g/mol. The summed E-state index contributed by atoms with van der Waals surface area (Å²) in [5, 5.41) is 0.0369. The van der Waals surface area contributed by atoms with Crippen molar-refractivity contribution in [3.63, 3.8) is 0 Å². The number of hydrogen-bond donors (Lipinski definition) is 0. The monoisotopic (exact) mass is 463 g/mol. The molecule has 33 heavy (non-hydrogen) atoms.